The monoisotopic (exact) mass is 569 g/mol. The molecule has 0 saturated heterocycles. The van der Waals surface area contributed by atoms with Crippen molar-refractivity contribution < 1.29 is 43.0 Å². The van der Waals surface area contributed by atoms with Crippen LogP contribution in [0.4, 0.5) is 14.5 Å². The molecule has 10 nitrogen and oxygen atoms in total. The standard InChI is InChI=1S/C29H29F2N3O7/c1-33(2)18-10-14(13-6-5-12(30)9-17(13)31)23(35)20-15(18)7-11-8-16-22(34(3)4)25(37)21(28(32)40)27(39)29(16,41)26(38)19(11)24(20)36/h5-6,9-11,16,19,21-22,35,41H,7-8H2,1-4H3,(H2,32,40)/t11-,16-,19?,21?,22-,29-/m0/s1. The first kappa shape index (κ1) is 28.5. The Balaban J connectivity index is 1.70. The third-order valence-electron chi connectivity index (χ3n) is 8.74. The molecule has 5 rings (SSSR count). The second kappa shape index (κ2) is 9.52. The SMILES string of the molecule is CN(C)c1cc(-c2ccc(F)cc2F)c(O)c2c1C[C@H]1C[C@H]3[C@H](N(C)C)C(=O)C(C(N)=O)C(=O)[C@@]3(O)C(=O)C1C2=O. The molecule has 0 radical (unpaired) electrons. The van der Waals surface area contributed by atoms with Gasteiger partial charge in [-0.2, -0.15) is 0 Å². The normalized spacial score (nSPS) is 29.2. The van der Waals surface area contributed by atoms with Crippen LogP contribution in [0.1, 0.15) is 22.3 Å². The Morgan fingerprint density at radius 3 is 2.24 bits per heavy atom. The molecular weight excluding hydrogens is 540 g/mol. The molecule has 3 aliphatic rings. The number of hydrogen-bond acceptors (Lipinski definition) is 9. The molecule has 0 aromatic heterocycles. The van der Waals surface area contributed by atoms with E-state index in [0.717, 1.165) is 12.1 Å². The minimum Gasteiger partial charge on any atom is -0.507 e. The third-order valence-corrected chi connectivity index (χ3v) is 8.74. The molecule has 41 heavy (non-hydrogen) atoms. The van der Waals surface area contributed by atoms with Crippen LogP contribution in [0.5, 0.6) is 5.75 Å². The van der Waals surface area contributed by atoms with Gasteiger partial charge in [0.1, 0.15) is 17.4 Å². The van der Waals surface area contributed by atoms with E-state index < -0.39 is 81.7 Å². The van der Waals surface area contributed by atoms with Crippen LogP contribution in [0.25, 0.3) is 11.1 Å². The highest BCUT2D eigenvalue weighted by Gasteiger charge is 2.69. The summed E-state index contributed by atoms with van der Waals surface area (Å²) < 4.78 is 28.4. The number of carbonyl (C=O) groups excluding carboxylic acids is 5. The topological polar surface area (TPSA) is 158 Å². The number of anilines is 1. The minimum atomic E-state index is -2.85. The van der Waals surface area contributed by atoms with Crippen LogP contribution in [0, 0.1) is 35.3 Å². The maximum atomic E-state index is 14.8. The molecule has 2 aromatic rings. The van der Waals surface area contributed by atoms with Gasteiger partial charge in [-0.25, -0.2) is 8.78 Å². The zero-order valence-corrected chi connectivity index (χ0v) is 22.8. The maximum Gasteiger partial charge on any atom is 0.235 e. The van der Waals surface area contributed by atoms with E-state index in [0.29, 0.717) is 17.3 Å². The largest absolute Gasteiger partial charge is 0.507 e. The van der Waals surface area contributed by atoms with E-state index in [1.165, 1.54) is 25.1 Å². The molecule has 3 aliphatic carbocycles. The fourth-order valence-electron chi connectivity index (χ4n) is 6.96. The number of nitrogens with two attached hydrogens (primary N) is 1. The molecule has 0 spiro atoms. The zero-order chi connectivity index (χ0) is 30.3. The molecule has 12 heteroatoms. The average Bonchev–Trinajstić information content (AvgIpc) is 2.86. The number of ketones is 4. The number of primary amides is 1. The number of phenolic OH excluding ortho intramolecular Hbond substituents is 1. The van der Waals surface area contributed by atoms with E-state index in [-0.39, 0.29) is 29.5 Å². The van der Waals surface area contributed by atoms with Crippen molar-refractivity contribution in [1.29, 1.82) is 0 Å². The minimum absolute atomic E-state index is 0.0547. The van der Waals surface area contributed by atoms with Crippen molar-refractivity contribution in [3.8, 4) is 16.9 Å². The average molecular weight is 570 g/mol. The van der Waals surface area contributed by atoms with Crippen molar-refractivity contribution in [2.24, 2.45) is 29.4 Å². The van der Waals surface area contributed by atoms with Crippen molar-refractivity contribution in [2.45, 2.75) is 24.5 Å². The molecule has 2 aromatic carbocycles. The summed E-state index contributed by atoms with van der Waals surface area (Å²) in [5, 5.41) is 23.0. The van der Waals surface area contributed by atoms with Crippen LogP contribution < -0.4 is 10.6 Å². The van der Waals surface area contributed by atoms with E-state index in [9.17, 15) is 43.0 Å². The first-order chi connectivity index (χ1) is 19.1. The van der Waals surface area contributed by atoms with Crippen molar-refractivity contribution in [3.63, 3.8) is 0 Å². The third kappa shape index (κ3) is 3.91. The highest BCUT2D eigenvalue weighted by atomic mass is 19.1. The van der Waals surface area contributed by atoms with E-state index in [4.69, 9.17) is 5.73 Å². The lowest BCUT2D eigenvalue weighted by Gasteiger charge is -2.52. The van der Waals surface area contributed by atoms with E-state index >= 15 is 0 Å². The number of rotatable bonds is 4. The number of fused-ring (bicyclic) bond motifs is 3. The van der Waals surface area contributed by atoms with Crippen molar-refractivity contribution in [1.82, 2.24) is 4.90 Å². The number of hydrogen-bond donors (Lipinski definition) is 3. The number of benzene rings is 2. The van der Waals surface area contributed by atoms with Crippen LogP contribution in [-0.2, 0) is 25.6 Å². The first-order valence-electron chi connectivity index (χ1n) is 13.0. The summed E-state index contributed by atoms with van der Waals surface area (Å²) in [5.74, 6) is -13.7. The summed E-state index contributed by atoms with van der Waals surface area (Å²) in [6.45, 7) is 0. The predicted molar refractivity (Wildman–Crippen MR) is 141 cm³/mol. The quantitative estimate of drug-likeness (QED) is 0.455. The van der Waals surface area contributed by atoms with Crippen LogP contribution in [0.3, 0.4) is 0 Å². The number of nitrogens with zero attached hydrogens (tertiary/aromatic N) is 2. The Hall–Kier alpha value is -4.03. The molecule has 2 fully saturated rings. The second-order valence-electron chi connectivity index (χ2n) is 11.5. The molecule has 4 N–H and O–H groups in total. The first-order valence-corrected chi connectivity index (χ1v) is 13.0. The smallest absolute Gasteiger partial charge is 0.235 e. The molecule has 0 heterocycles. The molecule has 6 atom stereocenters. The van der Waals surface area contributed by atoms with Gasteiger partial charge in [-0.1, -0.05) is 0 Å². The molecule has 1 amide bonds. The highest BCUT2D eigenvalue weighted by molar-refractivity contribution is 6.32. The van der Waals surface area contributed by atoms with Gasteiger partial charge in [-0.15, -0.1) is 0 Å². The lowest BCUT2D eigenvalue weighted by Crippen LogP contribution is -2.74. The lowest BCUT2D eigenvalue weighted by molar-refractivity contribution is -0.181. The maximum absolute atomic E-state index is 14.8. The Kier molecular flexibility index (Phi) is 6.62. The fourth-order valence-corrected chi connectivity index (χ4v) is 6.96. The fraction of sp³-hybridized carbons (Fsp3) is 0.414. The van der Waals surface area contributed by atoms with E-state index in [1.807, 2.05) is 0 Å². The molecular formula is C29H29F2N3O7. The van der Waals surface area contributed by atoms with Gasteiger partial charge in [-0.3, -0.25) is 28.9 Å². The van der Waals surface area contributed by atoms with Crippen LogP contribution in [0.15, 0.2) is 24.3 Å². The van der Waals surface area contributed by atoms with Gasteiger partial charge in [-0.05, 0) is 56.6 Å². The zero-order valence-electron chi connectivity index (χ0n) is 22.8. The summed E-state index contributed by atoms with van der Waals surface area (Å²) in [7, 11) is 6.35. The van der Waals surface area contributed by atoms with Crippen molar-refractivity contribution in [2.75, 3.05) is 33.1 Å². The van der Waals surface area contributed by atoms with Gasteiger partial charge in [0, 0.05) is 42.9 Å². The summed E-state index contributed by atoms with van der Waals surface area (Å²) >= 11 is 0. The van der Waals surface area contributed by atoms with Gasteiger partial charge in [0.15, 0.2) is 34.7 Å². The molecule has 0 bridgehead atoms. The lowest BCUT2D eigenvalue weighted by atomic mass is 9.52. The molecule has 2 unspecified atom stereocenters. The number of likely N-dealkylation sites (N-methyl/N-ethyl adjacent to an activating group) is 1. The molecule has 0 aliphatic heterocycles. The molecule has 2 saturated carbocycles. The van der Waals surface area contributed by atoms with Gasteiger partial charge in [0.25, 0.3) is 0 Å². The number of Topliss-reactive ketones (excluding diaryl/α,β-unsaturated/α-hetero) is 4. The van der Waals surface area contributed by atoms with Crippen molar-refractivity contribution in [3.05, 3.63) is 47.0 Å². The van der Waals surface area contributed by atoms with Crippen LogP contribution in [-0.4, -0.2) is 84.0 Å². The Labute approximate surface area is 233 Å². The van der Waals surface area contributed by atoms with E-state index in [2.05, 4.69) is 0 Å². The van der Waals surface area contributed by atoms with E-state index in [1.54, 1.807) is 19.0 Å². The summed E-state index contributed by atoms with van der Waals surface area (Å²) in [5.41, 5.74) is 2.72. The number of amides is 1. The summed E-state index contributed by atoms with van der Waals surface area (Å²) in [6.07, 6.45) is -0.0367. The van der Waals surface area contributed by atoms with Gasteiger partial charge < -0.3 is 20.8 Å². The highest BCUT2D eigenvalue weighted by Crippen LogP contribution is 2.53. The van der Waals surface area contributed by atoms with Gasteiger partial charge in [0.05, 0.1) is 17.5 Å². The number of aromatic hydroxyl groups is 1. The molecule has 216 valence electrons. The predicted octanol–water partition coefficient (Wildman–Crippen LogP) is 0.878. The van der Waals surface area contributed by atoms with Crippen LogP contribution in [0.2, 0.25) is 0 Å². The Bertz CT molecular complexity index is 1560. The summed E-state index contributed by atoms with van der Waals surface area (Å²) in [6, 6.07) is 3.00. The number of phenols is 1. The Morgan fingerprint density at radius 2 is 1.68 bits per heavy atom. The Morgan fingerprint density at radius 1 is 1.02 bits per heavy atom. The van der Waals surface area contributed by atoms with Gasteiger partial charge >= 0.3 is 0 Å². The van der Waals surface area contributed by atoms with Crippen LogP contribution >= 0.6 is 0 Å². The summed E-state index contributed by atoms with van der Waals surface area (Å²) in [4.78, 5) is 69.8. The second-order valence-corrected chi connectivity index (χ2v) is 11.5. The number of carbonyl (C=O) groups is 5. The van der Waals surface area contributed by atoms with Crippen molar-refractivity contribution >= 4 is 34.7 Å². The van der Waals surface area contributed by atoms with Gasteiger partial charge in [0.2, 0.25) is 5.91 Å². The number of halogens is 2. The number of aliphatic hydroxyl groups is 1.